The van der Waals surface area contributed by atoms with E-state index in [-0.39, 0.29) is 18.4 Å². The Morgan fingerprint density at radius 2 is 1.89 bits per heavy atom. The molecule has 0 bridgehead atoms. The Hall–Kier alpha value is -3.06. The predicted octanol–water partition coefficient (Wildman–Crippen LogP) is 1.78. The Labute approximate surface area is 220 Å². The Morgan fingerprint density at radius 3 is 2.59 bits per heavy atom. The molecule has 0 saturated heterocycles. The molecule has 1 saturated carbocycles. The molecule has 9 nitrogen and oxygen atoms in total. The molecule has 1 aliphatic carbocycles. The van der Waals surface area contributed by atoms with Gasteiger partial charge in [0.05, 0.1) is 13.2 Å². The maximum Gasteiger partial charge on any atom is 0.226 e. The van der Waals surface area contributed by atoms with Gasteiger partial charge in [-0.2, -0.15) is 0 Å². The van der Waals surface area contributed by atoms with Crippen LogP contribution in [0.25, 0.3) is 0 Å². The Balaban J connectivity index is 1.76. The third kappa shape index (κ3) is 11.3. The predicted molar refractivity (Wildman–Crippen MR) is 142 cm³/mol. The summed E-state index contributed by atoms with van der Waals surface area (Å²) in [4.78, 5) is 46.2. The van der Waals surface area contributed by atoms with Gasteiger partial charge < -0.3 is 15.4 Å². The average Bonchev–Trinajstić information content (AvgIpc) is 2.90. The zero-order valence-corrected chi connectivity index (χ0v) is 22.0. The molecule has 0 radical (unpaired) electrons. The van der Waals surface area contributed by atoms with Gasteiger partial charge in [-0.3, -0.25) is 29.4 Å². The molecule has 37 heavy (non-hydrogen) atoms. The van der Waals surface area contributed by atoms with Crippen LogP contribution in [0.1, 0.15) is 73.4 Å². The molecular formula is C28H40N4O5. The third-order valence-corrected chi connectivity index (χ3v) is 6.81. The van der Waals surface area contributed by atoms with Gasteiger partial charge in [-0.05, 0) is 57.7 Å². The van der Waals surface area contributed by atoms with Crippen molar-refractivity contribution < 1.29 is 23.9 Å². The zero-order chi connectivity index (χ0) is 26.9. The highest BCUT2D eigenvalue weighted by Gasteiger charge is 2.20. The van der Waals surface area contributed by atoms with Crippen LogP contribution in [0.15, 0.2) is 18.2 Å². The van der Waals surface area contributed by atoms with Crippen molar-refractivity contribution in [2.75, 3.05) is 26.8 Å². The summed E-state index contributed by atoms with van der Waals surface area (Å²) < 4.78 is 5.71. The van der Waals surface area contributed by atoms with Crippen LogP contribution in [0, 0.1) is 11.8 Å². The molecule has 1 aromatic carbocycles. The molecule has 2 rings (SSSR count). The Kier molecular flexibility index (Phi) is 14.2. The Bertz CT molecular complexity index is 934. The van der Waals surface area contributed by atoms with Crippen LogP contribution in [0.2, 0.25) is 0 Å². The van der Waals surface area contributed by atoms with Gasteiger partial charge in [-0.15, -0.1) is 0 Å². The van der Waals surface area contributed by atoms with Crippen LogP contribution >= 0.6 is 0 Å². The molecule has 0 heterocycles. The molecule has 9 heteroatoms. The van der Waals surface area contributed by atoms with Gasteiger partial charge in [-0.25, -0.2) is 0 Å². The lowest BCUT2D eigenvalue weighted by Gasteiger charge is -2.28. The van der Waals surface area contributed by atoms with Gasteiger partial charge >= 0.3 is 0 Å². The topological polar surface area (TPSA) is 117 Å². The Morgan fingerprint density at radius 1 is 1.14 bits per heavy atom. The first-order chi connectivity index (χ1) is 18.0. The maximum atomic E-state index is 11.7. The van der Waals surface area contributed by atoms with Crippen molar-refractivity contribution in [3.63, 3.8) is 0 Å². The van der Waals surface area contributed by atoms with E-state index in [0.717, 1.165) is 56.1 Å². The van der Waals surface area contributed by atoms with Crippen molar-refractivity contribution in [3.8, 4) is 11.8 Å². The van der Waals surface area contributed by atoms with E-state index in [4.69, 9.17) is 4.74 Å². The van der Waals surface area contributed by atoms with Crippen molar-refractivity contribution in [2.45, 2.75) is 76.5 Å². The summed E-state index contributed by atoms with van der Waals surface area (Å²) >= 11 is 0. The average molecular weight is 513 g/mol. The molecule has 1 atom stereocenters. The van der Waals surface area contributed by atoms with Gasteiger partial charge in [0.25, 0.3) is 0 Å². The largest absolute Gasteiger partial charge is 0.379 e. The van der Waals surface area contributed by atoms with E-state index in [9.17, 15) is 19.2 Å². The first-order valence-corrected chi connectivity index (χ1v) is 13.0. The number of benzene rings is 1. The minimum absolute atomic E-state index is 0.0722. The second-order valence-corrected chi connectivity index (χ2v) is 9.43. The molecule has 0 spiro atoms. The van der Waals surface area contributed by atoms with Gasteiger partial charge in [0.15, 0.2) is 0 Å². The van der Waals surface area contributed by atoms with Crippen LogP contribution in [0.3, 0.4) is 0 Å². The highest BCUT2D eigenvalue weighted by atomic mass is 16.5. The fraction of sp³-hybridized carbons (Fsp3) is 0.571. The standard InChI is InChI=1S/C28H40N4O5/c1-22(9-14-28(36)31-21-35)32(2)18-27-23(7-5-8-24(27)19-33)6-3-4-16-37-17-15-29-25-10-12-26(13-11-25)30-20-34/h5,7-8,19-22,25-26,29H,4,9-18H2,1-2H3,(H,30,34)(H,31,35,36). The van der Waals surface area contributed by atoms with Crippen LogP contribution in [-0.2, 0) is 25.7 Å². The molecule has 1 aliphatic rings. The van der Waals surface area contributed by atoms with Gasteiger partial charge in [0.2, 0.25) is 18.7 Å². The van der Waals surface area contributed by atoms with Crippen LogP contribution in [0.5, 0.6) is 0 Å². The SMILES string of the molecule is CC(CCC(=O)NC=O)N(C)Cc1c(C#CCCOCCNC2CCC(NC=O)CC2)cccc1C=O. The fourth-order valence-electron chi connectivity index (χ4n) is 4.39. The molecule has 0 aromatic heterocycles. The van der Waals surface area contributed by atoms with E-state index in [1.165, 1.54) is 0 Å². The number of nitrogens with zero attached hydrogens (tertiary/aromatic N) is 1. The van der Waals surface area contributed by atoms with Gasteiger partial charge in [0, 0.05) is 55.2 Å². The molecule has 1 aromatic rings. The first kappa shape index (κ1) is 30.2. The lowest BCUT2D eigenvalue weighted by Crippen LogP contribution is -2.40. The normalized spacial score (nSPS) is 17.8. The van der Waals surface area contributed by atoms with Crippen LogP contribution in [-0.4, -0.2) is 74.8 Å². The lowest BCUT2D eigenvalue weighted by atomic mass is 9.91. The van der Waals surface area contributed by atoms with Crippen molar-refractivity contribution in [2.24, 2.45) is 0 Å². The summed E-state index contributed by atoms with van der Waals surface area (Å²) in [5, 5.41) is 8.53. The number of aldehydes is 1. The molecule has 1 unspecified atom stereocenters. The quantitative estimate of drug-likeness (QED) is 0.176. The summed E-state index contributed by atoms with van der Waals surface area (Å²) in [6.07, 6.45) is 7.59. The number of imide groups is 1. The van der Waals surface area contributed by atoms with Crippen molar-refractivity contribution in [3.05, 3.63) is 34.9 Å². The second-order valence-electron chi connectivity index (χ2n) is 9.43. The molecule has 1 fully saturated rings. The number of ether oxygens (including phenoxy) is 1. The van der Waals surface area contributed by atoms with E-state index in [0.29, 0.717) is 56.7 Å². The van der Waals surface area contributed by atoms with Gasteiger partial charge in [0.1, 0.15) is 6.29 Å². The highest BCUT2D eigenvalue weighted by molar-refractivity contribution is 5.85. The number of hydrogen-bond donors (Lipinski definition) is 3. The maximum absolute atomic E-state index is 11.7. The number of amides is 3. The second kappa shape index (κ2) is 17.4. The van der Waals surface area contributed by atoms with Crippen LogP contribution < -0.4 is 16.0 Å². The minimum atomic E-state index is -0.302. The van der Waals surface area contributed by atoms with Gasteiger partial charge in [-0.1, -0.05) is 24.0 Å². The summed E-state index contributed by atoms with van der Waals surface area (Å²) in [6.45, 7) is 4.47. The minimum Gasteiger partial charge on any atom is -0.379 e. The molecule has 3 N–H and O–H groups in total. The monoisotopic (exact) mass is 512 g/mol. The van der Waals surface area contributed by atoms with Crippen LogP contribution in [0.4, 0.5) is 0 Å². The summed E-state index contributed by atoms with van der Waals surface area (Å²) in [6, 6.07) is 6.38. The fourth-order valence-corrected chi connectivity index (χ4v) is 4.39. The van der Waals surface area contributed by atoms with Crippen molar-refractivity contribution in [1.29, 1.82) is 0 Å². The molecular weight excluding hydrogens is 472 g/mol. The van der Waals surface area contributed by atoms with E-state index < -0.39 is 0 Å². The molecule has 0 aliphatic heterocycles. The summed E-state index contributed by atoms with van der Waals surface area (Å²) in [5.74, 6) is 6.05. The number of rotatable bonds is 16. The van der Waals surface area contributed by atoms with Crippen molar-refractivity contribution >= 4 is 25.0 Å². The smallest absolute Gasteiger partial charge is 0.226 e. The number of carbonyl (C=O) groups excluding carboxylic acids is 4. The van der Waals surface area contributed by atoms with E-state index >= 15 is 0 Å². The summed E-state index contributed by atoms with van der Waals surface area (Å²) in [7, 11) is 1.94. The molecule has 202 valence electrons. The zero-order valence-electron chi connectivity index (χ0n) is 22.0. The number of nitrogens with one attached hydrogen (secondary N) is 3. The first-order valence-electron chi connectivity index (χ1n) is 13.0. The number of hydrogen-bond acceptors (Lipinski definition) is 7. The number of carbonyl (C=O) groups is 4. The van der Waals surface area contributed by atoms with E-state index in [1.54, 1.807) is 6.07 Å². The highest BCUT2D eigenvalue weighted by Crippen LogP contribution is 2.19. The van der Waals surface area contributed by atoms with E-state index in [2.05, 4.69) is 32.7 Å². The summed E-state index contributed by atoms with van der Waals surface area (Å²) in [5.41, 5.74) is 2.27. The third-order valence-electron chi connectivity index (χ3n) is 6.81. The lowest BCUT2D eigenvalue weighted by molar-refractivity contribution is -0.125. The molecule has 3 amide bonds. The van der Waals surface area contributed by atoms with Crippen molar-refractivity contribution in [1.82, 2.24) is 20.9 Å². The van der Waals surface area contributed by atoms with E-state index in [1.807, 2.05) is 26.1 Å².